The number of rotatable bonds is 5. The minimum absolute atomic E-state index is 0.142. The molecular formula is C19H23N3O3S. The Kier molecular flexibility index (Phi) is 5.68. The Hall–Kier alpha value is -2.25. The first kappa shape index (κ1) is 18.5. The van der Waals surface area contributed by atoms with E-state index < -0.39 is 10.0 Å². The Balaban J connectivity index is 1.51. The number of aromatic nitrogens is 1. The lowest BCUT2D eigenvalue weighted by Crippen LogP contribution is -2.41. The van der Waals surface area contributed by atoms with E-state index in [1.807, 2.05) is 13.0 Å². The van der Waals surface area contributed by atoms with E-state index in [-0.39, 0.29) is 11.8 Å². The van der Waals surface area contributed by atoms with Crippen molar-refractivity contribution in [3.63, 3.8) is 0 Å². The van der Waals surface area contributed by atoms with Crippen LogP contribution in [-0.2, 0) is 10.0 Å². The Morgan fingerprint density at radius 1 is 1.15 bits per heavy atom. The summed E-state index contributed by atoms with van der Waals surface area (Å²) in [5.74, 6) is 0.136. The maximum absolute atomic E-state index is 12.6. The van der Waals surface area contributed by atoms with Crippen LogP contribution in [0.3, 0.4) is 0 Å². The highest BCUT2D eigenvalue weighted by Gasteiger charge is 2.29. The van der Waals surface area contributed by atoms with Crippen molar-refractivity contribution in [3.8, 4) is 0 Å². The van der Waals surface area contributed by atoms with E-state index in [0.29, 0.717) is 30.1 Å². The van der Waals surface area contributed by atoms with Crippen LogP contribution in [0.25, 0.3) is 0 Å². The highest BCUT2D eigenvalue weighted by Crippen LogP contribution is 2.23. The Labute approximate surface area is 154 Å². The molecule has 0 saturated carbocycles. The molecule has 0 atom stereocenters. The van der Waals surface area contributed by atoms with Crippen LogP contribution in [0.15, 0.2) is 53.6 Å². The topological polar surface area (TPSA) is 79.4 Å². The van der Waals surface area contributed by atoms with Gasteiger partial charge >= 0.3 is 0 Å². The Bertz CT molecular complexity index is 843. The average molecular weight is 373 g/mol. The number of carbonyl (C=O) groups is 1. The quantitative estimate of drug-likeness (QED) is 0.872. The second-order valence-corrected chi connectivity index (χ2v) is 8.50. The van der Waals surface area contributed by atoms with Crippen LogP contribution >= 0.6 is 0 Å². The SMILES string of the molecule is Cc1ccc(C(=O)NCC2CCN(S(=O)(=O)c3ccccc3)CC2)cn1. The largest absolute Gasteiger partial charge is 0.352 e. The van der Waals surface area contributed by atoms with Gasteiger partial charge in [-0.3, -0.25) is 9.78 Å². The molecule has 0 unspecified atom stereocenters. The highest BCUT2D eigenvalue weighted by atomic mass is 32.2. The number of sulfonamides is 1. The van der Waals surface area contributed by atoms with E-state index in [1.54, 1.807) is 42.6 Å². The van der Waals surface area contributed by atoms with Crippen LogP contribution in [0.2, 0.25) is 0 Å². The maximum Gasteiger partial charge on any atom is 0.252 e. The summed E-state index contributed by atoms with van der Waals surface area (Å²) in [5.41, 5.74) is 1.41. The van der Waals surface area contributed by atoms with Gasteiger partial charge in [-0.05, 0) is 49.9 Å². The molecule has 0 bridgehead atoms. The normalized spacial score (nSPS) is 16.3. The first-order valence-corrected chi connectivity index (χ1v) is 10.2. The fourth-order valence-corrected chi connectivity index (χ4v) is 4.53. The van der Waals surface area contributed by atoms with Crippen LogP contribution in [0.4, 0.5) is 0 Å². The summed E-state index contributed by atoms with van der Waals surface area (Å²) in [6, 6.07) is 12.1. The highest BCUT2D eigenvalue weighted by molar-refractivity contribution is 7.89. The third-order valence-corrected chi connectivity index (χ3v) is 6.59. The predicted octanol–water partition coefficient (Wildman–Crippen LogP) is 2.22. The molecule has 138 valence electrons. The number of carbonyl (C=O) groups excluding carboxylic acids is 1. The third kappa shape index (κ3) is 4.28. The van der Waals surface area contributed by atoms with Crippen LogP contribution in [-0.4, -0.2) is 43.2 Å². The zero-order valence-electron chi connectivity index (χ0n) is 14.8. The predicted molar refractivity (Wildman–Crippen MR) is 99.2 cm³/mol. The number of nitrogens with one attached hydrogen (secondary N) is 1. The van der Waals surface area contributed by atoms with Gasteiger partial charge < -0.3 is 5.32 Å². The van der Waals surface area contributed by atoms with Crippen molar-refractivity contribution in [2.45, 2.75) is 24.7 Å². The van der Waals surface area contributed by atoms with Crippen molar-refractivity contribution in [2.75, 3.05) is 19.6 Å². The molecule has 1 fully saturated rings. The zero-order valence-corrected chi connectivity index (χ0v) is 15.6. The number of piperidine rings is 1. The molecule has 1 aromatic carbocycles. The Morgan fingerprint density at radius 3 is 2.46 bits per heavy atom. The summed E-state index contributed by atoms with van der Waals surface area (Å²) in [7, 11) is -3.43. The molecule has 26 heavy (non-hydrogen) atoms. The van der Waals surface area contributed by atoms with E-state index in [4.69, 9.17) is 0 Å². The lowest BCUT2D eigenvalue weighted by Gasteiger charge is -2.31. The van der Waals surface area contributed by atoms with Gasteiger partial charge in [0, 0.05) is 31.5 Å². The van der Waals surface area contributed by atoms with E-state index in [0.717, 1.165) is 18.5 Å². The van der Waals surface area contributed by atoms with Gasteiger partial charge in [0.25, 0.3) is 5.91 Å². The van der Waals surface area contributed by atoms with Gasteiger partial charge in [-0.2, -0.15) is 4.31 Å². The molecule has 1 saturated heterocycles. The van der Waals surface area contributed by atoms with Crippen molar-refractivity contribution < 1.29 is 13.2 Å². The monoisotopic (exact) mass is 373 g/mol. The summed E-state index contributed by atoms with van der Waals surface area (Å²) >= 11 is 0. The number of amides is 1. The Morgan fingerprint density at radius 2 is 1.85 bits per heavy atom. The molecule has 0 radical (unpaired) electrons. The minimum Gasteiger partial charge on any atom is -0.352 e. The van der Waals surface area contributed by atoms with Gasteiger partial charge in [-0.15, -0.1) is 0 Å². The standard InChI is InChI=1S/C19H23N3O3S/c1-15-7-8-17(14-20-15)19(23)21-13-16-9-11-22(12-10-16)26(24,25)18-5-3-2-4-6-18/h2-8,14,16H,9-13H2,1H3,(H,21,23). The number of hydrogen-bond acceptors (Lipinski definition) is 4. The molecule has 0 aliphatic carbocycles. The van der Waals surface area contributed by atoms with Gasteiger partial charge in [0.05, 0.1) is 10.5 Å². The maximum atomic E-state index is 12.6. The van der Waals surface area contributed by atoms with E-state index >= 15 is 0 Å². The van der Waals surface area contributed by atoms with E-state index in [9.17, 15) is 13.2 Å². The van der Waals surface area contributed by atoms with Gasteiger partial charge in [0.2, 0.25) is 10.0 Å². The molecule has 1 aromatic heterocycles. The fraction of sp³-hybridized carbons (Fsp3) is 0.368. The summed E-state index contributed by atoms with van der Waals surface area (Å²) in [6.07, 6.45) is 3.04. The van der Waals surface area contributed by atoms with Crippen LogP contribution < -0.4 is 5.32 Å². The summed E-state index contributed by atoms with van der Waals surface area (Å²) in [6.45, 7) is 3.37. The average Bonchev–Trinajstić information content (AvgIpc) is 2.67. The number of hydrogen-bond donors (Lipinski definition) is 1. The number of benzene rings is 1. The van der Waals surface area contributed by atoms with Crippen molar-refractivity contribution in [1.82, 2.24) is 14.6 Å². The van der Waals surface area contributed by atoms with Gasteiger partial charge in [0.15, 0.2) is 0 Å². The fourth-order valence-electron chi connectivity index (χ4n) is 3.04. The molecule has 1 N–H and O–H groups in total. The molecule has 2 heterocycles. The smallest absolute Gasteiger partial charge is 0.252 e. The second kappa shape index (κ2) is 7.97. The summed E-state index contributed by atoms with van der Waals surface area (Å²) < 4.78 is 26.8. The first-order valence-electron chi connectivity index (χ1n) is 8.73. The van der Waals surface area contributed by atoms with E-state index in [2.05, 4.69) is 10.3 Å². The second-order valence-electron chi connectivity index (χ2n) is 6.56. The molecule has 2 aromatic rings. The molecular weight excluding hydrogens is 350 g/mol. The summed E-state index contributed by atoms with van der Waals surface area (Å²) in [5, 5.41) is 2.93. The first-order chi connectivity index (χ1) is 12.5. The lowest BCUT2D eigenvalue weighted by molar-refractivity contribution is 0.0941. The third-order valence-electron chi connectivity index (χ3n) is 4.68. The molecule has 1 aliphatic heterocycles. The van der Waals surface area contributed by atoms with Crippen molar-refractivity contribution in [3.05, 3.63) is 59.9 Å². The molecule has 6 nitrogen and oxygen atoms in total. The van der Waals surface area contributed by atoms with Crippen LogP contribution in [0.1, 0.15) is 28.9 Å². The van der Waals surface area contributed by atoms with Crippen LogP contribution in [0, 0.1) is 12.8 Å². The summed E-state index contributed by atoms with van der Waals surface area (Å²) in [4.78, 5) is 16.6. The van der Waals surface area contributed by atoms with Gasteiger partial charge in [0.1, 0.15) is 0 Å². The number of aryl methyl sites for hydroxylation is 1. The number of pyridine rings is 1. The van der Waals surface area contributed by atoms with Gasteiger partial charge in [-0.1, -0.05) is 18.2 Å². The number of nitrogens with zero attached hydrogens (tertiary/aromatic N) is 2. The van der Waals surface area contributed by atoms with Crippen LogP contribution in [0.5, 0.6) is 0 Å². The lowest BCUT2D eigenvalue weighted by atomic mass is 9.98. The minimum atomic E-state index is -3.43. The van der Waals surface area contributed by atoms with Crippen molar-refractivity contribution in [2.24, 2.45) is 5.92 Å². The van der Waals surface area contributed by atoms with Gasteiger partial charge in [-0.25, -0.2) is 8.42 Å². The van der Waals surface area contributed by atoms with Crippen molar-refractivity contribution >= 4 is 15.9 Å². The molecule has 7 heteroatoms. The zero-order chi connectivity index (χ0) is 18.6. The molecule has 0 spiro atoms. The van der Waals surface area contributed by atoms with Crippen molar-refractivity contribution in [1.29, 1.82) is 0 Å². The molecule has 3 rings (SSSR count). The van der Waals surface area contributed by atoms with E-state index in [1.165, 1.54) is 4.31 Å². The molecule has 1 aliphatic rings. The molecule has 1 amide bonds.